The van der Waals surface area contributed by atoms with E-state index in [2.05, 4.69) is 17.6 Å². The average molecular weight is 410 g/mol. The lowest BCUT2D eigenvalue weighted by Gasteiger charge is -2.11. The van der Waals surface area contributed by atoms with Crippen LogP contribution in [-0.4, -0.2) is 5.91 Å². The molecule has 29 heavy (non-hydrogen) atoms. The van der Waals surface area contributed by atoms with Crippen molar-refractivity contribution in [3.8, 4) is 0 Å². The van der Waals surface area contributed by atoms with Gasteiger partial charge in [-0.25, -0.2) is 4.39 Å². The number of hydrogen-bond acceptors (Lipinski definition) is 2. The molecule has 0 fully saturated rings. The molecule has 0 heterocycles. The summed E-state index contributed by atoms with van der Waals surface area (Å²) in [5.74, 6) is -0.691. The second-order valence-corrected chi connectivity index (χ2v) is 6.96. The van der Waals surface area contributed by atoms with Crippen LogP contribution in [0, 0.1) is 5.82 Å². The van der Waals surface area contributed by atoms with Crippen LogP contribution in [0.5, 0.6) is 0 Å². The van der Waals surface area contributed by atoms with Gasteiger partial charge in [-0.15, -0.1) is 0 Å². The molecule has 158 valence electrons. The summed E-state index contributed by atoms with van der Waals surface area (Å²) in [6, 6.07) is 9.00. The number of alkyl halides is 3. The third-order valence-electron chi connectivity index (χ3n) is 4.52. The largest absolute Gasteiger partial charge is 0.416 e. The minimum Gasteiger partial charge on any atom is -0.379 e. The lowest BCUT2D eigenvalue weighted by molar-refractivity contribution is -0.137. The Balaban J connectivity index is 1.83. The molecule has 0 radical (unpaired) electrons. The monoisotopic (exact) mass is 410 g/mol. The van der Waals surface area contributed by atoms with Gasteiger partial charge in [-0.1, -0.05) is 44.7 Å². The number of unbranched alkanes of at least 4 members (excludes halogenated alkanes) is 4. The van der Waals surface area contributed by atoms with Crippen molar-refractivity contribution in [2.75, 3.05) is 10.6 Å². The topological polar surface area (TPSA) is 41.1 Å². The fraction of sp³-hybridized carbons (Fsp3) is 0.409. The Bertz CT molecular complexity index is 788. The first-order valence-electron chi connectivity index (χ1n) is 9.79. The van der Waals surface area contributed by atoms with Gasteiger partial charge in [0.2, 0.25) is 5.91 Å². The number of carbonyl (C=O) groups is 1. The van der Waals surface area contributed by atoms with Crippen molar-refractivity contribution in [3.05, 3.63) is 59.4 Å². The third-order valence-corrected chi connectivity index (χ3v) is 4.52. The molecule has 2 aromatic carbocycles. The molecule has 0 saturated heterocycles. The highest BCUT2D eigenvalue weighted by Crippen LogP contribution is 2.29. The first kappa shape index (κ1) is 22.7. The van der Waals surface area contributed by atoms with Gasteiger partial charge in [0.1, 0.15) is 5.82 Å². The van der Waals surface area contributed by atoms with Crippen LogP contribution < -0.4 is 10.6 Å². The van der Waals surface area contributed by atoms with Crippen molar-refractivity contribution in [3.63, 3.8) is 0 Å². The molecule has 0 aliphatic rings. The summed E-state index contributed by atoms with van der Waals surface area (Å²) in [5, 5.41) is 5.53. The number of carbonyl (C=O) groups excluding carboxylic acids is 1. The van der Waals surface area contributed by atoms with Crippen LogP contribution in [0.4, 0.5) is 28.9 Å². The molecule has 3 nitrogen and oxygen atoms in total. The van der Waals surface area contributed by atoms with Gasteiger partial charge < -0.3 is 10.6 Å². The predicted molar refractivity (Wildman–Crippen MR) is 107 cm³/mol. The summed E-state index contributed by atoms with van der Waals surface area (Å²) in [6.07, 6.45) is 1.24. The molecule has 0 aliphatic carbocycles. The van der Waals surface area contributed by atoms with Crippen molar-refractivity contribution >= 4 is 17.3 Å². The standard InChI is InChI=1S/C22H26F4N2O/c1-2-3-4-5-6-7-21(29)28-18-12-13-20(19(23)14-18)27-15-16-8-10-17(11-9-16)22(24,25)26/h8-14,27H,2-7,15H2,1H3,(H,28,29). The highest BCUT2D eigenvalue weighted by molar-refractivity contribution is 5.90. The second kappa shape index (κ2) is 10.8. The van der Waals surface area contributed by atoms with E-state index in [0.717, 1.165) is 44.2 Å². The number of anilines is 2. The van der Waals surface area contributed by atoms with Crippen LogP contribution in [0.1, 0.15) is 56.6 Å². The van der Waals surface area contributed by atoms with Gasteiger partial charge in [-0.05, 0) is 42.3 Å². The number of halogens is 4. The van der Waals surface area contributed by atoms with E-state index in [-0.39, 0.29) is 18.1 Å². The molecule has 0 aromatic heterocycles. The Labute approximate surface area is 168 Å². The zero-order valence-corrected chi connectivity index (χ0v) is 16.4. The second-order valence-electron chi connectivity index (χ2n) is 6.96. The summed E-state index contributed by atoms with van der Waals surface area (Å²) in [5.41, 5.74) is 0.458. The minimum atomic E-state index is -4.38. The highest BCUT2D eigenvalue weighted by Gasteiger charge is 2.29. The van der Waals surface area contributed by atoms with Crippen LogP contribution in [0.25, 0.3) is 0 Å². The Morgan fingerprint density at radius 3 is 2.28 bits per heavy atom. The average Bonchev–Trinajstić information content (AvgIpc) is 2.67. The maximum absolute atomic E-state index is 14.3. The first-order valence-corrected chi connectivity index (χ1v) is 9.79. The molecular formula is C22H26F4N2O. The molecule has 7 heteroatoms. The van der Waals surface area contributed by atoms with Crippen molar-refractivity contribution < 1.29 is 22.4 Å². The van der Waals surface area contributed by atoms with Crippen LogP contribution in [0.15, 0.2) is 42.5 Å². The van der Waals surface area contributed by atoms with Crippen LogP contribution in [0.3, 0.4) is 0 Å². The molecule has 0 aliphatic heterocycles. The quantitative estimate of drug-likeness (QED) is 0.336. The zero-order valence-electron chi connectivity index (χ0n) is 16.4. The molecule has 0 bridgehead atoms. The molecule has 2 rings (SSSR count). The van der Waals surface area contributed by atoms with E-state index < -0.39 is 17.6 Å². The molecule has 2 N–H and O–H groups in total. The van der Waals surface area contributed by atoms with Gasteiger partial charge >= 0.3 is 6.18 Å². The van der Waals surface area contributed by atoms with Gasteiger partial charge in [0.25, 0.3) is 0 Å². The summed E-state index contributed by atoms with van der Waals surface area (Å²) in [7, 11) is 0. The summed E-state index contributed by atoms with van der Waals surface area (Å²) >= 11 is 0. The van der Waals surface area contributed by atoms with E-state index in [0.29, 0.717) is 17.7 Å². The van der Waals surface area contributed by atoms with Gasteiger partial charge in [0, 0.05) is 18.7 Å². The van der Waals surface area contributed by atoms with E-state index in [1.807, 2.05) is 0 Å². The Hall–Kier alpha value is -2.57. The van der Waals surface area contributed by atoms with Crippen molar-refractivity contribution in [2.24, 2.45) is 0 Å². The van der Waals surface area contributed by atoms with E-state index in [9.17, 15) is 22.4 Å². The molecule has 2 aromatic rings. The van der Waals surface area contributed by atoms with Gasteiger partial charge in [0.15, 0.2) is 0 Å². The van der Waals surface area contributed by atoms with Crippen LogP contribution in [0.2, 0.25) is 0 Å². The van der Waals surface area contributed by atoms with E-state index in [1.165, 1.54) is 24.3 Å². The Morgan fingerprint density at radius 2 is 1.66 bits per heavy atom. The number of nitrogens with one attached hydrogen (secondary N) is 2. The number of rotatable bonds is 10. The van der Waals surface area contributed by atoms with E-state index >= 15 is 0 Å². The summed E-state index contributed by atoms with van der Waals surface area (Å²) in [4.78, 5) is 11.9. The van der Waals surface area contributed by atoms with Crippen molar-refractivity contribution in [1.82, 2.24) is 0 Å². The summed E-state index contributed by atoms with van der Waals surface area (Å²) in [6.45, 7) is 2.31. The fourth-order valence-electron chi connectivity index (χ4n) is 2.86. The van der Waals surface area contributed by atoms with Crippen LogP contribution >= 0.6 is 0 Å². The predicted octanol–water partition coefficient (Wildman–Crippen LogP) is 6.76. The van der Waals surface area contributed by atoms with Gasteiger partial charge in [-0.2, -0.15) is 13.2 Å². The highest BCUT2D eigenvalue weighted by atomic mass is 19.4. The lowest BCUT2D eigenvalue weighted by Crippen LogP contribution is -2.11. The minimum absolute atomic E-state index is 0.147. The number of benzene rings is 2. The van der Waals surface area contributed by atoms with E-state index in [4.69, 9.17) is 0 Å². The molecule has 0 saturated carbocycles. The van der Waals surface area contributed by atoms with E-state index in [1.54, 1.807) is 6.07 Å². The smallest absolute Gasteiger partial charge is 0.379 e. The SMILES string of the molecule is CCCCCCCC(=O)Nc1ccc(NCc2ccc(C(F)(F)F)cc2)c(F)c1. The molecule has 1 amide bonds. The number of hydrogen-bond donors (Lipinski definition) is 2. The van der Waals surface area contributed by atoms with Crippen molar-refractivity contribution in [2.45, 2.75) is 58.2 Å². The maximum Gasteiger partial charge on any atom is 0.416 e. The molecule has 0 spiro atoms. The third kappa shape index (κ3) is 7.75. The Kier molecular flexibility index (Phi) is 8.49. The van der Waals surface area contributed by atoms with Crippen molar-refractivity contribution in [1.29, 1.82) is 0 Å². The normalized spacial score (nSPS) is 11.3. The molecule has 0 unspecified atom stereocenters. The maximum atomic E-state index is 14.3. The fourth-order valence-corrected chi connectivity index (χ4v) is 2.86. The number of amides is 1. The molecule has 0 atom stereocenters. The lowest BCUT2D eigenvalue weighted by atomic mass is 10.1. The Morgan fingerprint density at radius 1 is 0.966 bits per heavy atom. The van der Waals surface area contributed by atoms with Gasteiger partial charge in [0.05, 0.1) is 11.3 Å². The summed E-state index contributed by atoms with van der Waals surface area (Å²) < 4.78 is 52.0. The van der Waals surface area contributed by atoms with Crippen LogP contribution in [-0.2, 0) is 17.5 Å². The first-order chi connectivity index (χ1) is 13.8. The zero-order chi connectivity index (χ0) is 21.3. The molecular weight excluding hydrogens is 384 g/mol. The van der Waals surface area contributed by atoms with Gasteiger partial charge in [-0.3, -0.25) is 4.79 Å².